The number of benzene rings is 3. The van der Waals surface area contributed by atoms with E-state index in [2.05, 4.69) is 43.3 Å². The van der Waals surface area contributed by atoms with E-state index < -0.39 is 10.0 Å². The van der Waals surface area contributed by atoms with Crippen LogP contribution in [0.2, 0.25) is 0 Å². The number of nitrogens with one attached hydrogen (secondary N) is 1. The van der Waals surface area contributed by atoms with Crippen LogP contribution in [0.3, 0.4) is 0 Å². The number of nitrogens with zero attached hydrogens (tertiary/aromatic N) is 4. The van der Waals surface area contributed by atoms with Gasteiger partial charge in [-0.15, -0.1) is 0 Å². The minimum atomic E-state index is -3.76. The molecule has 3 heterocycles. The molecule has 0 bridgehead atoms. The van der Waals surface area contributed by atoms with Crippen LogP contribution in [0.5, 0.6) is 0 Å². The summed E-state index contributed by atoms with van der Waals surface area (Å²) in [5, 5.41) is 8.16. The van der Waals surface area contributed by atoms with Crippen molar-refractivity contribution in [2.24, 2.45) is 0 Å². The fraction of sp³-hybridized carbons (Fsp3) is 0.258. The number of para-hydroxylation sites is 1. The first-order valence-corrected chi connectivity index (χ1v) is 15.8. The summed E-state index contributed by atoms with van der Waals surface area (Å²) in [5.41, 5.74) is 4.93. The van der Waals surface area contributed by atoms with Crippen LogP contribution in [-0.2, 0) is 21.9 Å². The second kappa shape index (κ2) is 10.1. The molecular formula is C31H31N5O3S2. The van der Waals surface area contributed by atoms with Crippen LogP contribution >= 0.6 is 11.3 Å². The van der Waals surface area contributed by atoms with Crippen LogP contribution in [0.4, 0.5) is 11.5 Å². The van der Waals surface area contributed by atoms with Gasteiger partial charge in [0.05, 0.1) is 26.5 Å². The molecular weight excluding hydrogens is 555 g/mol. The standard InChI is InChI=1S/C31H31N5O3S2/c1-20-18-28(36(34-20)30-32-25-16-13-23(31(2,3)4)19-27(25)40-30)33-29(37)22-11-14-24(15-12-22)41(38,39)35-17-7-9-21-8-5-6-10-26(21)35/h5-6,8,10-16,18-19H,7,9,17H2,1-4H3,(H,33,37). The largest absolute Gasteiger partial charge is 0.306 e. The van der Waals surface area contributed by atoms with Crippen molar-refractivity contribution in [2.45, 2.75) is 50.8 Å². The van der Waals surface area contributed by atoms with Crippen molar-refractivity contribution >= 4 is 49.0 Å². The van der Waals surface area contributed by atoms with E-state index in [1.165, 1.54) is 45.5 Å². The average molecular weight is 586 g/mol. The van der Waals surface area contributed by atoms with Gasteiger partial charge in [-0.05, 0) is 78.8 Å². The lowest BCUT2D eigenvalue weighted by atomic mass is 9.87. The van der Waals surface area contributed by atoms with E-state index >= 15 is 0 Å². The Morgan fingerprint density at radius 3 is 2.51 bits per heavy atom. The van der Waals surface area contributed by atoms with Crippen molar-refractivity contribution in [3.63, 3.8) is 0 Å². The maximum atomic E-state index is 13.5. The summed E-state index contributed by atoms with van der Waals surface area (Å²) in [6.45, 7) is 8.81. The Labute approximate surface area is 243 Å². The Morgan fingerprint density at radius 1 is 1.00 bits per heavy atom. The number of hydrogen-bond acceptors (Lipinski definition) is 6. The molecule has 2 aromatic heterocycles. The number of carbonyl (C=O) groups excluding carboxylic acids is 1. The van der Waals surface area contributed by atoms with Crippen LogP contribution < -0.4 is 9.62 Å². The third-order valence-corrected chi connectivity index (χ3v) is 10.1. The minimum Gasteiger partial charge on any atom is -0.306 e. The molecule has 3 aromatic carbocycles. The van der Waals surface area contributed by atoms with Crippen molar-refractivity contribution in [1.82, 2.24) is 14.8 Å². The average Bonchev–Trinajstić information content (AvgIpc) is 3.54. The summed E-state index contributed by atoms with van der Waals surface area (Å²) in [6, 6.07) is 21.7. The number of amides is 1. The van der Waals surface area contributed by atoms with Crippen molar-refractivity contribution in [1.29, 1.82) is 0 Å². The van der Waals surface area contributed by atoms with Crippen molar-refractivity contribution in [3.05, 3.63) is 95.2 Å². The van der Waals surface area contributed by atoms with Gasteiger partial charge in [0, 0.05) is 18.2 Å². The second-order valence-electron chi connectivity index (χ2n) is 11.3. The highest BCUT2D eigenvalue weighted by atomic mass is 32.2. The van der Waals surface area contributed by atoms with Gasteiger partial charge in [-0.25, -0.2) is 13.4 Å². The number of fused-ring (bicyclic) bond motifs is 2. The highest BCUT2D eigenvalue weighted by molar-refractivity contribution is 7.92. The molecule has 0 atom stereocenters. The van der Waals surface area contributed by atoms with Crippen LogP contribution in [-0.4, -0.2) is 35.6 Å². The summed E-state index contributed by atoms with van der Waals surface area (Å²) < 4.78 is 31.1. The Hall–Kier alpha value is -4.02. The lowest BCUT2D eigenvalue weighted by Gasteiger charge is -2.30. The van der Waals surface area contributed by atoms with Crippen LogP contribution in [0.15, 0.2) is 77.7 Å². The monoisotopic (exact) mass is 585 g/mol. The molecule has 5 aromatic rings. The van der Waals surface area contributed by atoms with Crippen molar-refractivity contribution in [2.75, 3.05) is 16.2 Å². The highest BCUT2D eigenvalue weighted by Gasteiger charge is 2.29. The smallest absolute Gasteiger partial charge is 0.264 e. The SMILES string of the molecule is Cc1cc(NC(=O)c2ccc(S(=O)(=O)N3CCCc4ccccc43)cc2)n(-c2nc3ccc(C(C)(C)C)cc3s2)n1. The molecule has 0 saturated carbocycles. The molecule has 1 N–H and O–H groups in total. The first-order chi connectivity index (χ1) is 19.5. The first-order valence-electron chi connectivity index (χ1n) is 13.5. The van der Waals surface area contributed by atoms with Gasteiger partial charge in [0.25, 0.3) is 15.9 Å². The van der Waals surface area contributed by atoms with Gasteiger partial charge in [-0.3, -0.25) is 9.10 Å². The predicted molar refractivity (Wildman–Crippen MR) is 164 cm³/mol. The predicted octanol–water partition coefficient (Wildman–Crippen LogP) is 6.48. The van der Waals surface area contributed by atoms with E-state index in [9.17, 15) is 13.2 Å². The third-order valence-electron chi connectivity index (χ3n) is 7.27. The normalized spacial score (nSPS) is 13.8. The molecule has 210 valence electrons. The molecule has 0 radical (unpaired) electrons. The zero-order chi connectivity index (χ0) is 28.9. The number of hydrogen-bond donors (Lipinski definition) is 1. The lowest BCUT2D eigenvalue weighted by molar-refractivity contribution is 0.102. The van der Waals surface area contributed by atoms with Gasteiger partial charge in [0.1, 0.15) is 5.82 Å². The fourth-order valence-corrected chi connectivity index (χ4v) is 7.56. The van der Waals surface area contributed by atoms with Gasteiger partial charge in [0.15, 0.2) is 0 Å². The molecule has 10 heteroatoms. The minimum absolute atomic E-state index is 0.0207. The van der Waals surface area contributed by atoms with E-state index in [-0.39, 0.29) is 16.2 Å². The number of anilines is 2. The highest BCUT2D eigenvalue weighted by Crippen LogP contribution is 2.33. The van der Waals surface area contributed by atoms with E-state index in [1.807, 2.05) is 37.3 Å². The zero-order valence-electron chi connectivity index (χ0n) is 23.4. The molecule has 1 aliphatic heterocycles. The number of thiazole rings is 1. The van der Waals surface area contributed by atoms with Gasteiger partial charge in [0.2, 0.25) is 5.13 Å². The van der Waals surface area contributed by atoms with Crippen LogP contribution in [0, 0.1) is 6.92 Å². The summed E-state index contributed by atoms with van der Waals surface area (Å²) in [6.07, 6.45) is 1.61. The van der Waals surface area contributed by atoms with Gasteiger partial charge >= 0.3 is 0 Å². The van der Waals surface area contributed by atoms with Gasteiger partial charge < -0.3 is 5.32 Å². The Morgan fingerprint density at radius 2 is 1.76 bits per heavy atom. The van der Waals surface area contributed by atoms with Crippen molar-refractivity contribution in [3.8, 4) is 5.13 Å². The first kappa shape index (κ1) is 27.2. The molecule has 0 saturated heterocycles. The molecule has 1 amide bonds. The van der Waals surface area contributed by atoms with Crippen LogP contribution in [0.25, 0.3) is 15.3 Å². The quantitative estimate of drug-likeness (QED) is 0.255. The molecule has 1 aliphatic rings. The second-order valence-corrected chi connectivity index (χ2v) is 14.2. The summed E-state index contributed by atoms with van der Waals surface area (Å²) in [7, 11) is -3.76. The number of aryl methyl sites for hydroxylation is 2. The van der Waals surface area contributed by atoms with E-state index in [0.717, 1.165) is 34.3 Å². The Balaban J connectivity index is 1.24. The maximum absolute atomic E-state index is 13.5. The van der Waals surface area contributed by atoms with Crippen LogP contribution in [0.1, 0.15) is 54.4 Å². The number of aromatic nitrogens is 3. The molecule has 6 rings (SSSR count). The van der Waals surface area contributed by atoms with Crippen molar-refractivity contribution < 1.29 is 13.2 Å². The molecule has 8 nitrogen and oxygen atoms in total. The van der Waals surface area contributed by atoms with E-state index in [0.29, 0.717) is 28.7 Å². The molecule has 0 aliphatic carbocycles. The number of carbonyl (C=O) groups is 1. The van der Waals surface area contributed by atoms with Gasteiger partial charge in [-0.1, -0.05) is 56.4 Å². The third kappa shape index (κ3) is 5.13. The van der Waals surface area contributed by atoms with E-state index in [1.54, 1.807) is 10.7 Å². The Kier molecular flexibility index (Phi) is 6.70. The zero-order valence-corrected chi connectivity index (χ0v) is 25.0. The fourth-order valence-electron chi connectivity index (χ4n) is 5.05. The molecule has 0 unspecified atom stereocenters. The number of sulfonamides is 1. The summed E-state index contributed by atoms with van der Waals surface area (Å²) in [5.74, 6) is 0.124. The number of rotatable bonds is 5. The molecule has 0 spiro atoms. The molecule has 0 fully saturated rings. The van der Waals surface area contributed by atoms with E-state index in [4.69, 9.17) is 4.98 Å². The topological polar surface area (TPSA) is 97.2 Å². The summed E-state index contributed by atoms with van der Waals surface area (Å²) >= 11 is 1.51. The lowest BCUT2D eigenvalue weighted by Crippen LogP contribution is -2.35. The summed E-state index contributed by atoms with van der Waals surface area (Å²) in [4.78, 5) is 18.1. The Bertz CT molecular complexity index is 1880. The van der Waals surface area contributed by atoms with Gasteiger partial charge in [-0.2, -0.15) is 9.78 Å². The molecule has 41 heavy (non-hydrogen) atoms. The maximum Gasteiger partial charge on any atom is 0.264 e.